The summed E-state index contributed by atoms with van der Waals surface area (Å²) in [4.78, 5) is 5.03. The summed E-state index contributed by atoms with van der Waals surface area (Å²) in [5, 5.41) is 0.694. The smallest absolute Gasteiger partial charge is 0.126 e. The van der Waals surface area contributed by atoms with Crippen molar-refractivity contribution in [1.82, 2.24) is 9.80 Å². The zero-order valence-electron chi connectivity index (χ0n) is 20.6. The Balaban J connectivity index is 1.61. The molecule has 35 heavy (non-hydrogen) atoms. The molecular weight excluding hydrogens is 460 g/mol. The van der Waals surface area contributed by atoms with Crippen molar-refractivity contribution >= 4 is 17.7 Å². The number of halogens is 1. The lowest BCUT2D eigenvalue weighted by molar-refractivity contribution is 0.0236. The van der Waals surface area contributed by atoms with Gasteiger partial charge < -0.3 is 14.2 Å². The Labute approximate surface area is 213 Å². The van der Waals surface area contributed by atoms with Crippen LogP contribution in [0.25, 0.3) is 6.08 Å². The summed E-state index contributed by atoms with van der Waals surface area (Å²) in [6.07, 6.45) is 5.62. The van der Waals surface area contributed by atoms with Gasteiger partial charge in [0.25, 0.3) is 0 Å². The van der Waals surface area contributed by atoms with Crippen LogP contribution in [0, 0.1) is 0 Å². The maximum absolute atomic E-state index is 6.29. The third-order valence-electron chi connectivity index (χ3n) is 6.37. The molecule has 1 saturated heterocycles. The van der Waals surface area contributed by atoms with Gasteiger partial charge in [-0.15, -0.1) is 0 Å². The van der Waals surface area contributed by atoms with Crippen LogP contribution in [-0.2, 0) is 13.1 Å². The maximum Gasteiger partial charge on any atom is 0.126 e. The van der Waals surface area contributed by atoms with Crippen LogP contribution < -0.4 is 14.2 Å². The first kappa shape index (κ1) is 25.1. The van der Waals surface area contributed by atoms with E-state index in [4.69, 9.17) is 25.8 Å². The fourth-order valence-corrected chi connectivity index (χ4v) is 4.70. The monoisotopic (exact) mass is 492 g/mol. The molecule has 1 heterocycles. The van der Waals surface area contributed by atoms with E-state index in [0.29, 0.717) is 5.02 Å². The summed E-state index contributed by atoms with van der Waals surface area (Å²) in [7, 11) is 5.08. The van der Waals surface area contributed by atoms with Gasteiger partial charge in [-0.2, -0.15) is 0 Å². The molecule has 0 aromatic heterocycles. The van der Waals surface area contributed by atoms with Crippen LogP contribution in [0.5, 0.6) is 17.2 Å². The molecule has 3 aromatic carbocycles. The average Bonchev–Trinajstić information content (AvgIpc) is 2.89. The lowest BCUT2D eigenvalue weighted by Crippen LogP contribution is -2.51. The van der Waals surface area contributed by atoms with Crippen LogP contribution in [0.3, 0.4) is 0 Å². The molecule has 1 aliphatic rings. The summed E-state index contributed by atoms with van der Waals surface area (Å²) < 4.78 is 16.2. The molecule has 0 unspecified atom stereocenters. The number of ether oxygens (including phenoxy) is 3. The second kappa shape index (κ2) is 12.1. The van der Waals surface area contributed by atoms with Gasteiger partial charge in [0, 0.05) is 36.8 Å². The minimum Gasteiger partial charge on any atom is -0.497 e. The SMILES string of the molecule is COc1ccc(CN2CCCN(Cc3ccc(OC)cc3)C2C=Cc2cc(Cl)ccc2OC)cc1. The highest BCUT2D eigenvalue weighted by Gasteiger charge is 2.27. The lowest BCUT2D eigenvalue weighted by atomic mass is 10.1. The Morgan fingerprint density at radius 2 is 1.31 bits per heavy atom. The summed E-state index contributed by atoms with van der Waals surface area (Å²) in [5.41, 5.74) is 3.49. The van der Waals surface area contributed by atoms with Gasteiger partial charge in [-0.3, -0.25) is 9.80 Å². The van der Waals surface area contributed by atoms with Crippen molar-refractivity contribution in [2.24, 2.45) is 0 Å². The zero-order valence-corrected chi connectivity index (χ0v) is 21.4. The van der Waals surface area contributed by atoms with E-state index in [1.165, 1.54) is 11.1 Å². The van der Waals surface area contributed by atoms with Crippen molar-refractivity contribution < 1.29 is 14.2 Å². The minimum atomic E-state index is 0.122. The summed E-state index contributed by atoms with van der Waals surface area (Å²) in [6.45, 7) is 3.75. The van der Waals surface area contributed by atoms with Crippen molar-refractivity contribution in [3.63, 3.8) is 0 Å². The number of hydrogen-bond donors (Lipinski definition) is 0. The molecule has 0 bridgehead atoms. The van der Waals surface area contributed by atoms with Gasteiger partial charge >= 0.3 is 0 Å². The summed E-state index contributed by atoms with van der Waals surface area (Å²) in [5.74, 6) is 2.56. The van der Waals surface area contributed by atoms with Crippen LogP contribution in [0.1, 0.15) is 23.1 Å². The van der Waals surface area contributed by atoms with Gasteiger partial charge in [0.1, 0.15) is 17.2 Å². The van der Waals surface area contributed by atoms with Crippen LogP contribution in [0.4, 0.5) is 0 Å². The van der Waals surface area contributed by atoms with Crippen LogP contribution >= 0.6 is 11.6 Å². The van der Waals surface area contributed by atoms with Crippen LogP contribution in [-0.4, -0.2) is 50.4 Å². The van der Waals surface area contributed by atoms with E-state index in [0.717, 1.165) is 55.4 Å². The van der Waals surface area contributed by atoms with Crippen molar-refractivity contribution in [3.05, 3.63) is 94.5 Å². The Bertz CT molecular complexity index is 1060. The molecule has 0 N–H and O–H groups in total. The molecule has 0 radical (unpaired) electrons. The standard InChI is InChI=1S/C29H33ClN2O3/c1-33-26-11-5-22(6-12-26)20-31-17-4-18-32(21-23-7-13-27(34-2)14-8-23)29(31)16-9-24-19-25(30)10-15-28(24)35-3/h5-16,19,29H,4,17-18,20-21H2,1-3H3. The van der Waals surface area contributed by atoms with E-state index in [2.05, 4.69) is 46.2 Å². The van der Waals surface area contributed by atoms with E-state index in [9.17, 15) is 0 Å². The predicted molar refractivity (Wildman–Crippen MR) is 142 cm³/mol. The highest BCUT2D eigenvalue weighted by Crippen LogP contribution is 2.27. The normalized spacial score (nSPS) is 15.4. The molecule has 0 saturated carbocycles. The molecule has 184 valence electrons. The molecule has 1 fully saturated rings. The molecule has 0 spiro atoms. The molecule has 3 aromatic rings. The van der Waals surface area contributed by atoms with Gasteiger partial charge in [0.2, 0.25) is 0 Å². The molecule has 1 aliphatic heterocycles. The van der Waals surface area contributed by atoms with E-state index in [-0.39, 0.29) is 6.17 Å². The topological polar surface area (TPSA) is 34.2 Å². The molecule has 0 amide bonds. The Morgan fingerprint density at radius 1 is 0.771 bits per heavy atom. The Morgan fingerprint density at radius 3 is 1.80 bits per heavy atom. The van der Waals surface area contributed by atoms with Gasteiger partial charge in [0.05, 0.1) is 27.5 Å². The van der Waals surface area contributed by atoms with Crippen molar-refractivity contribution in [2.45, 2.75) is 25.7 Å². The molecule has 4 rings (SSSR count). The third kappa shape index (κ3) is 6.57. The number of rotatable bonds is 9. The largest absolute Gasteiger partial charge is 0.497 e. The van der Waals surface area contributed by atoms with Crippen molar-refractivity contribution in [3.8, 4) is 17.2 Å². The second-order valence-corrected chi connectivity index (χ2v) is 9.09. The molecule has 5 nitrogen and oxygen atoms in total. The number of hydrogen-bond acceptors (Lipinski definition) is 5. The van der Waals surface area contributed by atoms with Crippen LogP contribution in [0.15, 0.2) is 72.8 Å². The summed E-state index contributed by atoms with van der Waals surface area (Å²) >= 11 is 6.29. The maximum atomic E-state index is 6.29. The highest BCUT2D eigenvalue weighted by atomic mass is 35.5. The summed E-state index contributed by atoms with van der Waals surface area (Å²) in [6, 6.07) is 22.4. The van der Waals surface area contributed by atoms with E-state index in [1.54, 1.807) is 21.3 Å². The van der Waals surface area contributed by atoms with Gasteiger partial charge in [0.15, 0.2) is 0 Å². The first-order valence-corrected chi connectivity index (χ1v) is 12.2. The lowest BCUT2D eigenvalue weighted by Gasteiger charge is -2.43. The fourth-order valence-electron chi connectivity index (χ4n) is 4.52. The number of benzene rings is 3. The predicted octanol–water partition coefficient (Wildman–Crippen LogP) is 6.11. The second-order valence-electron chi connectivity index (χ2n) is 8.65. The third-order valence-corrected chi connectivity index (χ3v) is 6.60. The molecule has 0 aliphatic carbocycles. The first-order chi connectivity index (χ1) is 17.1. The van der Waals surface area contributed by atoms with Gasteiger partial charge in [-0.05, 0) is 60.0 Å². The van der Waals surface area contributed by atoms with Crippen LogP contribution in [0.2, 0.25) is 5.02 Å². The van der Waals surface area contributed by atoms with Crippen molar-refractivity contribution in [1.29, 1.82) is 0 Å². The Kier molecular flexibility index (Phi) is 8.69. The number of nitrogens with zero attached hydrogens (tertiary/aromatic N) is 2. The average molecular weight is 493 g/mol. The van der Waals surface area contributed by atoms with Gasteiger partial charge in [-0.25, -0.2) is 0 Å². The number of methoxy groups -OCH3 is 3. The fraction of sp³-hybridized carbons (Fsp3) is 0.310. The first-order valence-electron chi connectivity index (χ1n) is 11.9. The van der Waals surface area contributed by atoms with Gasteiger partial charge in [-0.1, -0.05) is 48.0 Å². The Hall–Kier alpha value is -2.99. The highest BCUT2D eigenvalue weighted by molar-refractivity contribution is 6.30. The van der Waals surface area contributed by atoms with Crippen molar-refractivity contribution in [2.75, 3.05) is 34.4 Å². The zero-order chi connectivity index (χ0) is 24.6. The minimum absolute atomic E-state index is 0.122. The molecule has 6 heteroatoms. The quantitative estimate of drug-likeness (QED) is 0.360. The van der Waals surface area contributed by atoms with E-state index in [1.807, 2.05) is 42.5 Å². The molecule has 0 atom stereocenters. The van der Waals surface area contributed by atoms with E-state index >= 15 is 0 Å². The van der Waals surface area contributed by atoms with E-state index < -0.39 is 0 Å². The molecular formula is C29H33ClN2O3.